The molecule has 0 saturated carbocycles. The van der Waals surface area contributed by atoms with Crippen LogP contribution in [0.15, 0.2) is 23.6 Å². The van der Waals surface area contributed by atoms with Crippen molar-refractivity contribution in [3.63, 3.8) is 0 Å². The molecular formula is C26H35N3O2S. The summed E-state index contributed by atoms with van der Waals surface area (Å²) in [7, 11) is 0. The van der Waals surface area contributed by atoms with E-state index in [9.17, 15) is 9.59 Å². The van der Waals surface area contributed by atoms with Crippen molar-refractivity contribution in [2.45, 2.75) is 84.7 Å². The van der Waals surface area contributed by atoms with Gasteiger partial charge in [-0.3, -0.25) is 14.3 Å². The summed E-state index contributed by atoms with van der Waals surface area (Å²) in [6, 6.07) is 3.89. The molecule has 0 spiro atoms. The van der Waals surface area contributed by atoms with E-state index in [1.54, 1.807) is 17.4 Å². The molecule has 1 saturated heterocycles. The number of hydrogen-bond donors (Lipinski definition) is 0. The molecule has 2 aromatic rings. The Kier molecular flexibility index (Phi) is 6.99. The normalized spacial score (nSPS) is 20.3. The standard InChI is InChI=1S/C26H35N3O2S/c1-4-5-6-7-15-29-21-17-26(2,3)18-22(30)24(21)25(27-29)20-11-8-14-28(20)23(31)13-12-19-10-9-16-32-19/h9-10,12-13,16,20H,4-8,11,14-15,17-18H2,1-3H3/b13-12+/t20-/m1/s1. The molecule has 6 heteroatoms. The fraction of sp³-hybridized carbons (Fsp3) is 0.577. The molecule has 1 amide bonds. The molecule has 1 aliphatic carbocycles. The highest BCUT2D eigenvalue weighted by atomic mass is 32.1. The zero-order valence-electron chi connectivity index (χ0n) is 19.6. The number of fused-ring (bicyclic) bond motifs is 1. The molecule has 1 aliphatic heterocycles. The summed E-state index contributed by atoms with van der Waals surface area (Å²) < 4.78 is 2.10. The van der Waals surface area contributed by atoms with Crippen molar-refractivity contribution in [3.05, 3.63) is 45.4 Å². The number of aromatic nitrogens is 2. The van der Waals surface area contributed by atoms with Crippen molar-refractivity contribution < 1.29 is 9.59 Å². The van der Waals surface area contributed by atoms with Crippen LogP contribution in [0.25, 0.3) is 6.08 Å². The van der Waals surface area contributed by atoms with Gasteiger partial charge in [-0.15, -0.1) is 11.3 Å². The van der Waals surface area contributed by atoms with E-state index in [-0.39, 0.29) is 23.1 Å². The van der Waals surface area contributed by atoms with E-state index in [1.165, 1.54) is 19.3 Å². The molecule has 2 aromatic heterocycles. The van der Waals surface area contributed by atoms with Gasteiger partial charge in [-0.25, -0.2) is 0 Å². The molecule has 2 aliphatic rings. The van der Waals surface area contributed by atoms with Crippen LogP contribution in [-0.2, 0) is 17.8 Å². The number of thiophene rings is 1. The van der Waals surface area contributed by atoms with E-state index < -0.39 is 0 Å². The molecule has 0 N–H and O–H groups in total. The Labute approximate surface area is 195 Å². The highest BCUT2D eigenvalue weighted by Crippen LogP contribution is 2.41. The summed E-state index contributed by atoms with van der Waals surface area (Å²) in [6.07, 6.45) is 11.5. The fourth-order valence-electron chi connectivity index (χ4n) is 5.10. The van der Waals surface area contributed by atoms with Crippen molar-refractivity contribution in [3.8, 4) is 0 Å². The van der Waals surface area contributed by atoms with Gasteiger partial charge >= 0.3 is 0 Å². The van der Waals surface area contributed by atoms with Crippen LogP contribution in [0.4, 0.5) is 0 Å². The molecule has 0 radical (unpaired) electrons. The zero-order valence-corrected chi connectivity index (χ0v) is 20.4. The third-order valence-electron chi connectivity index (χ3n) is 6.66. The maximum Gasteiger partial charge on any atom is 0.247 e. The van der Waals surface area contributed by atoms with Crippen molar-refractivity contribution in [2.75, 3.05) is 6.54 Å². The number of rotatable bonds is 8. The van der Waals surface area contributed by atoms with Crippen LogP contribution in [0.1, 0.15) is 98.4 Å². The minimum atomic E-state index is -0.105. The largest absolute Gasteiger partial charge is 0.330 e. The molecule has 172 valence electrons. The van der Waals surface area contributed by atoms with E-state index in [0.29, 0.717) is 6.42 Å². The second kappa shape index (κ2) is 9.74. The van der Waals surface area contributed by atoms with Gasteiger partial charge in [-0.2, -0.15) is 5.10 Å². The summed E-state index contributed by atoms with van der Waals surface area (Å²) in [4.78, 5) is 29.3. The van der Waals surface area contributed by atoms with Crippen molar-refractivity contribution in [1.29, 1.82) is 0 Å². The minimum absolute atomic E-state index is 0.00994. The first-order valence-electron chi connectivity index (χ1n) is 12.0. The molecule has 0 aromatic carbocycles. The smallest absolute Gasteiger partial charge is 0.247 e. The van der Waals surface area contributed by atoms with Crippen molar-refractivity contribution in [1.82, 2.24) is 14.7 Å². The van der Waals surface area contributed by atoms with Crippen molar-refractivity contribution in [2.24, 2.45) is 5.41 Å². The number of amides is 1. The Morgan fingerprint density at radius 2 is 2.12 bits per heavy atom. The Hall–Kier alpha value is -2.21. The van der Waals surface area contributed by atoms with E-state index in [4.69, 9.17) is 5.10 Å². The molecule has 0 bridgehead atoms. The second-order valence-electron chi connectivity index (χ2n) is 9.97. The van der Waals surface area contributed by atoms with E-state index in [2.05, 4.69) is 25.5 Å². The monoisotopic (exact) mass is 453 g/mol. The number of aryl methyl sites for hydroxylation is 1. The summed E-state index contributed by atoms with van der Waals surface area (Å²) in [5.41, 5.74) is 2.70. The van der Waals surface area contributed by atoms with Gasteiger partial charge in [-0.05, 0) is 48.6 Å². The minimum Gasteiger partial charge on any atom is -0.330 e. The van der Waals surface area contributed by atoms with Gasteiger partial charge in [-0.1, -0.05) is 46.1 Å². The number of Topliss-reactive ketones (excluding diaryl/α,β-unsaturated/α-hetero) is 1. The predicted molar refractivity (Wildman–Crippen MR) is 130 cm³/mol. The summed E-state index contributed by atoms with van der Waals surface area (Å²) in [5.74, 6) is 0.204. The van der Waals surface area contributed by atoms with Crippen LogP contribution in [0.3, 0.4) is 0 Å². The lowest BCUT2D eigenvalue weighted by atomic mass is 9.75. The quantitative estimate of drug-likeness (QED) is 0.361. The van der Waals surface area contributed by atoms with Crippen LogP contribution in [0.2, 0.25) is 0 Å². The molecule has 1 fully saturated rings. The number of hydrogen-bond acceptors (Lipinski definition) is 4. The summed E-state index contributed by atoms with van der Waals surface area (Å²) in [6.45, 7) is 8.12. The fourth-order valence-corrected chi connectivity index (χ4v) is 5.71. The van der Waals surface area contributed by atoms with Crippen LogP contribution >= 0.6 is 11.3 Å². The van der Waals surface area contributed by atoms with Gasteiger partial charge in [0.2, 0.25) is 5.91 Å². The third-order valence-corrected chi connectivity index (χ3v) is 7.49. The van der Waals surface area contributed by atoms with E-state index in [0.717, 1.165) is 60.6 Å². The number of nitrogens with zero attached hydrogens (tertiary/aromatic N) is 3. The van der Waals surface area contributed by atoms with Crippen LogP contribution in [0.5, 0.6) is 0 Å². The SMILES string of the molecule is CCCCCCn1nc([C@H]2CCCN2C(=O)/C=C/c2cccs2)c2c1CC(C)(C)CC2=O. The maximum absolute atomic E-state index is 13.3. The molecule has 32 heavy (non-hydrogen) atoms. The maximum atomic E-state index is 13.3. The number of ketones is 1. The molecule has 4 rings (SSSR count). The topological polar surface area (TPSA) is 55.2 Å². The lowest BCUT2D eigenvalue weighted by Crippen LogP contribution is -2.32. The predicted octanol–water partition coefficient (Wildman–Crippen LogP) is 6.06. The number of carbonyl (C=O) groups is 2. The highest BCUT2D eigenvalue weighted by molar-refractivity contribution is 7.10. The van der Waals surface area contributed by atoms with Crippen LogP contribution in [0, 0.1) is 5.41 Å². The second-order valence-corrected chi connectivity index (χ2v) is 10.9. The number of carbonyl (C=O) groups excluding carboxylic acids is 2. The first-order chi connectivity index (χ1) is 15.4. The number of unbranched alkanes of at least 4 members (excludes halogenated alkanes) is 3. The van der Waals surface area contributed by atoms with Gasteiger partial charge in [0.05, 0.1) is 23.0 Å². The molecule has 5 nitrogen and oxygen atoms in total. The van der Waals surface area contributed by atoms with Gasteiger partial charge in [0.15, 0.2) is 5.78 Å². The molecular weight excluding hydrogens is 418 g/mol. The lowest BCUT2D eigenvalue weighted by molar-refractivity contribution is -0.126. The Bertz CT molecular complexity index is 987. The molecule has 1 atom stereocenters. The zero-order chi connectivity index (χ0) is 22.7. The van der Waals surface area contributed by atoms with Crippen LogP contribution in [-0.4, -0.2) is 32.9 Å². The van der Waals surface area contributed by atoms with Gasteiger partial charge in [0.1, 0.15) is 0 Å². The van der Waals surface area contributed by atoms with Gasteiger partial charge in [0.25, 0.3) is 0 Å². The Morgan fingerprint density at radius 3 is 2.88 bits per heavy atom. The Balaban J connectivity index is 1.62. The number of likely N-dealkylation sites (tertiary alicyclic amines) is 1. The van der Waals surface area contributed by atoms with Crippen molar-refractivity contribution >= 4 is 29.1 Å². The van der Waals surface area contributed by atoms with E-state index >= 15 is 0 Å². The Morgan fingerprint density at radius 1 is 1.28 bits per heavy atom. The molecule has 3 heterocycles. The summed E-state index contributed by atoms with van der Waals surface area (Å²) in [5, 5.41) is 7.02. The first kappa shape index (κ1) is 23.0. The average Bonchev–Trinajstić information content (AvgIpc) is 3.48. The van der Waals surface area contributed by atoms with E-state index in [1.807, 2.05) is 28.5 Å². The highest BCUT2D eigenvalue weighted by Gasteiger charge is 2.41. The lowest BCUT2D eigenvalue weighted by Gasteiger charge is -2.30. The van der Waals surface area contributed by atoms with Crippen LogP contribution < -0.4 is 0 Å². The average molecular weight is 454 g/mol. The third kappa shape index (κ3) is 4.90. The summed E-state index contributed by atoms with van der Waals surface area (Å²) >= 11 is 1.62. The first-order valence-corrected chi connectivity index (χ1v) is 12.9. The van der Waals surface area contributed by atoms with Gasteiger partial charge < -0.3 is 4.90 Å². The van der Waals surface area contributed by atoms with Gasteiger partial charge in [0, 0.05) is 30.5 Å². The molecule has 0 unspecified atom stereocenters.